The maximum Gasteiger partial charge on any atom is 0.573 e. The van der Waals surface area contributed by atoms with Gasteiger partial charge in [-0.2, -0.15) is 13.2 Å². The average molecular weight is 473 g/mol. The van der Waals surface area contributed by atoms with Gasteiger partial charge in [0.05, 0.1) is 22.0 Å². The first-order chi connectivity index (χ1) is 14.1. The monoisotopic (exact) mass is 473 g/mol. The third-order valence-corrected chi connectivity index (χ3v) is 5.36. The largest absolute Gasteiger partial charge is 0.573 e. The number of hydrogen-bond acceptors (Lipinski definition) is 7. The Labute approximate surface area is 170 Å². The molecule has 0 saturated carbocycles. The molecule has 0 bridgehead atoms. The predicted octanol–water partition coefficient (Wildman–Crippen LogP) is 2.05. The summed E-state index contributed by atoms with van der Waals surface area (Å²) >= 11 is 0. The number of alkyl halides is 6. The van der Waals surface area contributed by atoms with Crippen molar-refractivity contribution in [2.24, 2.45) is 0 Å². The summed E-state index contributed by atoms with van der Waals surface area (Å²) in [6, 6.07) is 4.02. The zero-order chi connectivity index (χ0) is 23.6. The van der Waals surface area contributed by atoms with Gasteiger partial charge >= 0.3 is 12.5 Å². The summed E-state index contributed by atoms with van der Waals surface area (Å²) in [7, 11) is -4.31. The number of carbonyl (C=O) groups excluding carboxylic acids is 1. The van der Waals surface area contributed by atoms with Gasteiger partial charge in [0.15, 0.2) is 11.8 Å². The molecule has 0 saturated heterocycles. The number of nitrogens with zero attached hydrogens (tertiary/aromatic N) is 1. The van der Waals surface area contributed by atoms with Crippen molar-refractivity contribution in [3.63, 3.8) is 0 Å². The number of benzene rings is 1. The summed E-state index contributed by atoms with van der Waals surface area (Å²) in [6.45, 7) is -1.18. The molecule has 1 aromatic carbocycles. The number of aliphatic hydroxyl groups is 1. The van der Waals surface area contributed by atoms with Crippen molar-refractivity contribution in [3.8, 4) is 5.75 Å². The summed E-state index contributed by atoms with van der Waals surface area (Å²) < 4.78 is 102. The molecule has 31 heavy (non-hydrogen) atoms. The van der Waals surface area contributed by atoms with Crippen LogP contribution in [0.4, 0.5) is 32.0 Å². The molecule has 0 fully saturated rings. The SMILES string of the molecule is Nc1cc(S(=O)(=O)c2ccc(OC(F)(F)F)cc2)cnc1C(=O)NC[C@@H](O)C(F)(F)F. The molecule has 0 aliphatic rings. The molecule has 0 radical (unpaired) electrons. The smallest absolute Gasteiger partial charge is 0.406 e. The number of pyridine rings is 1. The molecular weight excluding hydrogens is 460 g/mol. The van der Waals surface area contributed by atoms with Crippen molar-refractivity contribution in [1.82, 2.24) is 10.3 Å². The number of nitrogen functional groups attached to an aromatic ring is 1. The molecule has 0 aliphatic heterocycles. The van der Waals surface area contributed by atoms with Gasteiger partial charge in [-0.05, 0) is 30.3 Å². The van der Waals surface area contributed by atoms with Crippen LogP contribution in [-0.2, 0) is 9.84 Å². The Bertz CT molecular complexity index is 1050. The zero-order valence-corrected chi connectivity index (χ0v) is 15.8. The molecule has 15 heteroatoms. The molecule has 0 aliphatic carbocycles. The molecule has 8 nitrogen and oxygen atoms in total. The fourth-order valence-electron chi connectivity index (χ4n) is 2.14. The number of anilines is 1. The number of halogens is 6. The van der Waals surface area contributed by atoms with E-state index < -0.39 is 67.9 Å². The molecule has 2 aromatic rings. The Balaban J connectivity index is 2.20. The first kappa shape index (κ1) is 24.2. The van der Waals surface area contributed by atoms with E-state index in [2.05, 4.69) is 9.72 Å². The number of carbonyl (C=O) groups is 1. The third kappa shape index (κ3) is 6.21. The lowest BCUT2D eigenvalue weighted by atomic mass is 10.2. The highest BCUT2D eigenvalue weighted by Gasteiger charge is 2.38. The van der Waals surface area contributed by atoms with Crippen molar-refractivity contribution < 1.29 is 49.4 Å². The van der Waals surface area contributed by atoms with Gasteiger partial charge in [-0.25, -0.2) is 13.4 Å². The highest BCUT2D eigenvalue weighted by atomic mass is 32.2. The second-order valence-corrected chi connectivity index (χ2v) is 7.85. The number of ether oxygens (including phenoxy) is 1. The number of aliphatic hydroxyl groups excluding tert-OH is 1. The minimum absolute atomic E-state index is 0.436. The summed E-state index contributed by atoms with van der Waals surface area (Å²) in [6.07, 6.45) is -12.1. The van der Waals surface area contributed by atoms with Crippen molar-refractivity contribution in [1.29, 1.82) is 0 Å². The first-order valence-electron chi connectivity index (χ1n) is 8.00. The number of nitrogens with one attached hydrogen (secondary N) is 1. The zero-order valence-electron chi connectivity index (χ0n) is 15.0. The van der Waals surface area contributed by atoms with Crippen LogP contribution in [0.25, 0.3) is 0 Å². The van der Waals surface area contributed by atoms with E-state index in [4.69, 9.17) is 10.8 Å². The summed E-state index contributed by atoms with van der Waals surface area (Å²) in [4.78, 5) is 14.5. The van der Waals surface area contributed by atoms with Crippen molar-refractivity contribution in [3.05, 3.63) is 42.2 Å². The molecule has 0 unspecified atom stereocenters. The van der Waals surface area contributed by atoms with E-state index in [-0.39, 0.29) is 0 Å². The molecule has 1 heterocycles. The Morgan fingerprint density at radius 2 is 1.71 bits per heavy atom. The first-order valence-corrected chi connectivity index (χ1v) is 9.49. The van der Waals surface area contributed by atoms with Gasteiger partial charge in [-0.1, -0.05) is 0 Å². The van der Waals surface area contributed by atoms with E-state index in [0.717, 1.165) is 30.3 Å². The standard InChI is InChI=1S/C16H13F6N3O5S/c17-15(18,19)12(26)7-25-14(27)13-11(23)5-10(6-24-13)31(28,29)9-3-1-8(2-4-9)30-16(20,21)22/h1-6,12,26H,7,23H2,(H,25,27)/t12-/m1/s1. The number of aromatic nitrogens is 1. The molecule has 4 N–H and O–H groups in total. The Hall–Kier alpha value is -3.07. The van der Waals surface area contributed by atoms with Gasteiger partial charge < -0.3 is 20.9 Å². The number of amides is 1. The molecule has 170 valence electrons. The Morgan fingerprint density at radius 1 is 1.13 bits per heavy atom. The molecule has 1 aromatic heterocycles. The third-order valence-electron chi connectivity index (χ3n) is 3.62. The van der Waals surface area contributed by atoms with E-state index in [1.54, 1.807) is 5.32 Å². The number of sulfone groups is 1. The highest BCUT2D eigenvalue weighted by Crippen LogP contribution is 2.27. The maximum absolute atomic E-state index is 12.6. The van der Waals surface area contributed by atoms with Gasteiger partial charge in [-0.15, -0.1) is 13.2 Å². The topological polar surface area (TPSA) is 132 Å². The van der Waals surface area contributed by atoms with Crippen LogP contribution in [0.5, 0.6) is 5.75 Å². The van der Waals surface area contributed by atoms with Gasteiger partial charge in [0.2, 0.25) is 9.84 Å². The van der Waals surface area contributed by atoms with Gasteiger partial charge in [-0.3, -0.25) is 4.79 Å². The fourth-order valence-corrected chi connectivity index (χ4v) is 3.38. The molecule has 1 atom stereocenters. The number of nitrogens with two attached hydrogens (primary N) is 1. The van der Waals surface area contributed by atoms with Crippen LogP contribution < -0.4 is 15.8 Å². The maximum atomic E-state index is 12.6. The quantitative estimate of drug-likeness (QED) is 0.547. The second-order valence-electron chi connectivity index (χ2n) is 5.90. The number of rotatable bonds is 6. The van der Waals surface area contributed by atoms with E-state index in [0.29, 0.717) is 6.20 Å². The van der Waals surface area contributed by atoms with E-state index in [1.165, 1.54) is 0 Å². The lowest BCUT2D eigenvalue weighted by Crippen LogP contribution is -2.41. The second kappa shape index (κ2) is 8.58. The van der Waals surface area contributed by atoms with Crippen LogP contribution in [0.2, 0.25) is 0 Å². The van der Waals surface area contributed by atoms with Crippen LogP contribution in [0.1, 0.15) is 10.5 Å². The van der Waals surface area contributed by atoms with Gasteiger partial charge in [0.1, 0.15) is 5.75 Å². The van der Waals surface area contributed by atoms with Crippen molar-refractivity contribution >= 4 is 21.4 Å². The van der Waals surface area contributed by atoms with E-state index >= 15 is 0 Å². The molecule has 1 amide bonds. The Morgan fingerprint density at radius 3 is 2.19 bits per heavy atom. The van der Waals surface area contributed by atoms with E-state index in [9.17, 15) is 39.6 Å². The van der Waals surface area contributed by atoms with Crippen LogP contribution in [0.15, 0.2) is 46.3 Å². The van der Waals surface area contributed by atoms with Crippen LogP contribution >= 0.6 is 0 Å². The molecule has 0 spiro atoms. The molecular formula is C16H13F6N3O5S. The minimum Gasteiger partial charge on any atom is -0.406 e. The average Bonchev–Trinajstić information content (AvgIpc) is 2.64. The molecule has 2 rings (SSSR count). The number of hydrogen-bond donors (Lipinski definition) is 3. The summed E-state index contributed by atoms with van der Waals surface area (Å²) in [5.41, 5.74) is 4.47. The van der Waals surface area contributed by atoms with Crippen LogP contribution in [0, 0.1) is 0 Å². The van der Waals surface area contributed by atoms with Crippen LogP contribution in [-0.4, -0.2) is 49.6 Å². The summed E-state index contributed by atoms with van der Waals surface area (Å²) in [5, 5.41) is 10.6. The normalized spacial score (nSPS) is 13.5. The predicted molar refractivity (Wildman–Crippen MR) is 91.6 cm³/mol. The highest BCUT2D eigenvalue weighted by molar-refractivity contribution is 7.91. The van der Waals surface area contributed by atoms with E-state index in [1.807, 2.05) is 0 Å². The summed E-state index contributed by atoms with van der Waals surface area (Å²) in [5.74, 6) is -1.85. The van der Waals surface area contributed by atoms with Crippen molar-refractivity contribution in [2.45, 2.75) is 28.4 Å². The lowest BCUT2D eigenvalue weighted by molar-refractivity contribution is -0.274. The van der Waals surface area contributed by atoms with Crippen LogP contribution in [0.3, 0.4) is 0 Å². The Kier molecular flexibility index (Phi) is 6.70. The minimum atomic E-state index is -4.97. The van der Waals surface area contributed by atoms with Gasteiger partial charge in [0, 0.05) is 6.20 Å². The van der Waals surface area contributed by atoms with Gasteiger partial charge in [0.25, 0.3) is 5.91 Å². The van der Waals surface area contributed by atoms with Crippen molar-refractivity contribution in [2.75, 3.05) is 12.3 Å². The fraction of sp³-hybridized carbons (Fsp3) is 0.250. The lowest BCUT2D eigenvalue weighted by Gasteiger charge is -2.15.